The lowest BCUT2D eigenvalue weighted by Crippen LogP contribution is -2.11. The van der Waals surface area contributed by atoms with Gasteiger partial charge in [-0.25, -0.2) is 4.98 Å². The first-order chi connectivity index (χ1) is 10.2. The van der Waals surface area contributed by atoms with E-state index in [1.165, 1.54) is 5.56 Å². The van der Waals surface area contributed by atoms with Gasteiger partial charge in [0.05, 0.1) is 0 Å². The van der Waals surface area contributed by atoms with Gasteiger partial charge in [0.15, 0.2) is 11.5 Å². The van der Waals surface area contributed by atoms with Crippen molar-refractivity contribution in [1.29, 1.82) is 0 Å². The molecule has 0 spiro atoms. The van der Waals surface area contributed by atoms with Crippen LogP contribution in [0.1, 0.15) is 28.7 Å². The number of aryl methyl sites for hydroxylation is 2. The lowest BCUT2D eigenvalue weighted by molar-refractivity contribution is 0.102. The Morgan fingerprint density at radius 2 is 1.95 bits per heavy atom. The minimum atomic E-state index is -0.151. The van der Waals surface area contributed by atoms with Crippen molar-refractivity contribution in [2.45, 2.75) is 20.3 Å². The van der Waals surface area contributed by atoms with Crippen LogP contribution in [-0.4, -0.2) is 10.9 Å². The van der Waals surface area contributed by atoms with Gasteiger partial charge in [-0.05, 0) is 42.3 Å². The van der Waals surface area contributed by atoms with Gasteiger partial charge >= 0.3 is 0 Å². The van der Waals surface area contributed by atoms with Gasteiger partial charge in [0.2, 0.25) is 0 Å². The van der Waals surface area contributed by atoms with E-state index in [4.69, 9.17) is 4.42 Å². The van der Waals surface area contributed by atoms with Gasteiger partial charge in [0.25, 0.3) is 5.91 Å². The molecule has 0 aliphatic rings. The van der Waals surface area contributed by atoms with E-state index < -0.39 is 0 Å². The number of rotatable bonds is 3. The fraction of sp³-hybridized carbons (Fsp3) is 0.176. The zero-order valence-corrected chi connectivity index (χ0v) is 12.0. The zero-order valence-electron chi connectivity index (χ0n) is 12.0. The van der Waals surface area contributed by atoms with Gasteiger partial charge in [0, 0.05) is 18.2 Å². The highest BCUT2D eigenvalue weighted by molar-refractivity contribution is 6.05. The molecule has 3 aromatic rings. The van der Waals surface area contributed by atoms with Crippen molar-refractivity contribution in [3.8, 4) is 0 Å². The number of hydrogen-bond acceptors (Lipinski definition) is 3. The molecular formula is C17H16N2O2. The van der Waals surface area contributed by atoms with Crippen LogP contribution in [0.4, 0.5) is 5.69 Å². The maximum atomic E-state index is 12.2. The first kappa shape index (κ1) is 13.4. The average molecular weight is 280 g/mol. The highest BCUT2D eigenvalue weighted by Crippen LogP contribution is 2.18. The third-order valence-corrected chi connectivity index (χ3v) is 3.38. The molecule has 0 aliphatic carbocycles. The van der Waals surface area contributed by atoms with Crippen LogP contribution in [0.15, 0.2) is 46.9 Å². The monoisotopic (exact) mass is 280 g/mol. The van der Waals surface area contributed by atoms with Crippen LogP contribution in [0.2, 0.25) is 0 Å². The minimum absolute atomic E-state index is 0.151. The highest BCUT2D eigenvalue weighted by atomic mass is 16.3. The predicted octanol–water partition coefficient (Wildman–Crippen LogP) is 3.95. The summed E-state index contributed by atoms with van der Waals surface area (Å²) in [6, 6.07) is 13.1. The number of anilines is 1. The van der Waals surface area contributed by atoms with E-state index in [0.29, 0.717) is 22.6 Å². The SMILES string of the molecule is CCc1ccc(NC(=O)c2ccc3oc(C)nc3c2)cc1. The lowest BCUT2D eigenvalue weighted by Gasteiger charge is -2.06. The molecule has 0 radical (unpaired) electrons. The van der Waals surface area contributed by atoms with Gasteiger partial charge < -0.3 is 9.73 Å². The first-order valence-corrected chi connectivity index (χ1v) is 6.93. The second kappa shape index (κ2) is 5.40. The summed E-state index contributed by atoms with van der Waals surface area (Å²) < 4.78 is 5.40. The Kier molecular flexibility index (Phi) is 3.44. The largest absolute Gasteiger partial charge is 0.441 e. The molecular weight excluding hydrogens is 264 g/mol. The molecule has 3 rings (SSSR count). The topological polar surface area (TPSA) is 55.1 Å². The second-order valence-electron chi connectivity index (χ2n) is 4.92. The standard InChI is InChI=1S/C17H16N2O2/c1-3-12-4-7-14(8-5-12)19-17(20)13-6-9-16-15(10-13)18-11(2)21-16/h4-10H,3H2,1-2H3,(H,19,20). The van der Waals surface area contributed by atoms with Gasteiger partial charge in [-0.15, -0.1) is 0 Å². The molecule has 0 aliphatic heterocycles. The molecule has 0 bridgehead atoms. The van der Waals surface area contributed by atoms with Crippen molar-refractivity contribution in [1.82, 2.24) is 4.98 Å². The number of benzene rings is 2. The molecule has 0 saturated carbocycles. The Morgan fingerprint density at radius 3 is 2.67 bits per heavy atom. The van der Waals surface area contributed by atoms with E-state index in [1.54, 1.807) is 25.1 Å². The lowest BCUT2D eigenvalue weighted by atomic mass is 10.1. The molecule has 106 valence electrons. The quantitative estimate of drug-likeness (QED) is 0.790. The molecule has 4 nitrogen and oxygen atoms in total. The minimum Gasteiger partial charge on any atom is -0.441 e. The number of fused-ring (bicyclic) bond motifs is 1. The summed E-state index contributed by atoms with van der Waals surface area (Å²) in [4.78, 5) is 16.5. The van der Waals surface area contributed by atoms with Crippen molar-refractivity contribution < 1.29 is 9.21 Å². The van der Waals surface area contributed by atoms with Crippen LogP contribution < -0.4 is 5.32 Å². The molecule has 0 atom stereocenters. The van der Waals surface area contributed by atoms with Gasteiger partial charge in [0.1, 0.15) is 5.52 Å². The summed E-state index contributed by atoms with van der Waals surface area (Å²) in [6.07, 6.45) is 0.983. The van der Waals surface area contributed by atoms with Crippen molar-refractivity contribution in [2.75, 3.05) is 5.32 Å². The van der Waals surface area contributed by atoms with E-state index in [2.05, 4.69) is 17.2 Å². The Labute approximate surface area is 122 Å². The van der Waals surface area contributed by atoms with Crippen molar-refractivity contribution in [2.24, 2.45) is 0 Å². The van der Waals surface area contributed by atoms with Gasteiger partial charge in [-0.2, -0.15) is 0 Å². The molecule has 1 aromatic heterocycles. The molecule has 0 unspecified atom stereocenters. The number of hydrogen-bond donors (Lipinski definition) is 1. The van der Waals surface area contributed by atoms with Crippen LogP contribution >= 0.6 is 0 Å². The maximum Gasteiger partial charge on any atom is 0.255 e. The molecule has 1 heterocycles. The normalized spacial score (nSPS) is 10.8. The second-order valence-corrected chi connectivity index (χ2v) is 4.92. The van der Waals surface area contributed by atoms with Crippen LogP contribution in [0.25, 0.3) is 11.1 Å². The number of amides is 1. The molecule has 2 aromatic carbocycles. The fourth-order valence-electron chi connectivity index (χ4n) is 2.21. The fourth-order valence-corrected chi connectivity index (χ4v) is 2.21. The van der Waals surface area contributed by atoms with E-state index in [-0.39, 0.29) is 5.91 Å². The zero-order chi connectivity index (χ0) is 14.8. The summed E-state index contributed by atoms with van der Waals surface area (Å²) in [5.74, 6) is 0.444. The highest BCUT2D eigenvalue weighted by Gasteiger charge is 2.09. The third kappa shape index (κ3) is 2.79. The Balaban J connectivity index is 1.82. The average Bonchev–Trinajstić information content (AvgIpc) is 2.87. The van der Waals surface area contributed by atoms with Crippen molar-refractivity contribution in [3.63, 3.8) is 0 Å². The first-order valence-electron chi connectivity index (χ1n) is 6.93. The molecule has 1 N–H and O–H groups in total. The van der Waals surface area contributed by atoms with Gasteiger partial charge in [-0.3, -0.25) is 4.79 Å². The Hall–Kier alpha value is -2.62. The molecule has 4 heteroatoms. The Bertz CT molecular complexity index is 788. The van der Waals surface area contributed by atoms with Crippen molar-refractivity contribution in [3.05, 3.63) is 59.5 Å². The smallest absolute Gasteiger partial charge is 0.255 e. The number of oxazole rings is 1. The molecule has 1 amide bonds. The number of carbonyl (C=O) groups is 1. The third-order valence-electron chi connectivity index (χ3n) is 3.38. The van der Waals surface area contributed by atoms with E-state index in [0.717, 1.165) is 12.1 Å². The van der Waals surface area contributed by atoms with E-state index >= 15 is 0 Å². The summed E-state index contributed by atoms with van der Waals surface area (Å²) in [5.41, 5.74) is 3.98. The van der Waals surface area contributed by atoms with E-state index in [1.807, 2.05) is 24.3 Å². The number of aromatic nitrogens is 1. The maximum absolute atomic E-state index is 12.2. The summed E-state index contributed by atoms with van der Waals surface area (Å²) in [6.45, 7) is 3.89. The molecule has 0 saturated heterocycles. The van der Waals surface area contributed by atoms with Crippen LogP contribution in [-0.2, 0) is 6.42 Å². The summed E-state index contributed by atoms with van der Waals surface area (Å²) in [5, 5.41) is 2.88. The Morgan fingerprint density at radius 1 is 1.19 bits per heavy atom. The number of nitrogens with one attached hydrogen (secondary N) is 1. The van der Waals surface area contributed by atoms with Crippen LogP contribution in [0, 0.1) is 6.92 Å². The van der Waals surface area contributed by atoms with Crippen LogP contribution in [0.3, 0.4) is 0 Å². The summed E-state index contributed by atoms with van der Waals surface area (Å²) in [7, 11) is 0. The molecule has 21 heavy (non-hydrogen) atoms. The number of carbonyl (C=O) groups excluding carboxylic acids is 1. The number of nitrogens with zero attached hydrogens (tertiary/aromatic N) is 1. The van der Waals surface area contributed by atoms with Crippen LogP contribution in [0.5, 0.6) is 0 Å². The van der Waals surface area contributed by atoms with E-state index in [9.17, 15) is 4.79 Å². The van der Waals surface area contributed by atoms with Crippen molar-refractivity contribution >= 4 is 22.7 Å². The summed E-state index contributed by atoms with van der Waals surface area (Å²) >= 11 is 0. The predicted molar refractivity (Wildman–Crippen MR) is 82.5 cm³/mol. The van der Waals surface area contributed by atoms with Gasteiger partial charge in [-0.1, -0.05) is 19.1 Å². The molecule has 0 fully saturated rings.